The highest BCUT2D eigenvalue weighted by atomic mass is 16.4. The van der Waals surface area contributed by atoms with E-state index in [2.05, 4.69) is 0 Å². The molecule has 1 atom stereocenters. The average Bonchev–Trinajstić information content (AvgIpc) is 2.24. The molecule has 0 heterocycles. The second-order valence-electron chi connectivity index (χ2n) is 5.74. The topological polar surface area (TPSA) is 94.9 Å². The van der Waals surface area contributed by atoms with Gasteiger partial charge in [-0.15, -0.1) is 0 Å². The number of carbonyl (C=O) groups is 3. The Morgan fingerprint density at radius 3 is 2.05 bits per heavy atom. The summed E-state index contributed by atoms with van der Waals surface area (Å²) >= 11 is 0. The lowest BCUT2D eigenvalue weighted by Gasteiger charge is -2.30. The number of hydrogen-bond donors (Lipinski definition) is 2. The van der Waals surface area contributed by atoms with Crippen LogP contribution in [-0.2, 0) is 14.4 Å². The summed E-state index contributed by atoms with van der Waals surface area (Å²) in [7, 11) is 0. The zero-order valence-electron chi connectivity index (χ0n) is 12.0. The van der Waals surface area contributed by atoms with Crippen LogP contribution >= 0.6 is 0 Å². The van der Waals surface area contributed by atoms with Crippen LogP contribution in [0, 0.1) is 11.3 Å². The van der Waals surface area contributed by atoms with E-state index in [1.807, 2.05) is 0 Å². The van der Waals surface area contributed by atoms with Crippen molar-refractivity contribution in [2.24, 2.45) is 11.3 Å². The van der Waals surface area contributed by atoms with E-state index < -0.39 is 23.3 Å². The summed E-state index contributed by atoms with van der Waals surface area (Å²) in [5.41, 5.74) is -0.610. The molecule has 0 spiro atoms. The molecule has 0 fully saturated rings. The van der Waals surface area contributed by atoms with E-state index in [-0.39, 0.29) is 25.4 Å². The van der Waals surface area contributed by atoms with Crippen molar-refractivity contribution < 1.29 is 24.6 Å². The van der Waals surface area contributed by atoms with Gasteiger partial charge in [-0.3, -0.25) is 14.4 Å². The van der Waals surface area contributed by atoms with Gasteiger partial charge in [0.1, 0.15) is 0 Å². The minimum atomic E-state index is -0.968. The first kappa shape index (κ1) is 17.4. The third-order valence-electron chi connectivity index (χ3n) is 2.66. The summed E-state index contributed by atoms with van der Waals surface area (Å²) in [6.07, 6.45) is 0.291. The molecule has 1 unspecified atom stereocenters. The standard InChI is InChI=1S/C13H23NO5/c1-9(11(17)18)8-14(7-5-6-10(15)16)12(19)13(2,3)4/h9H,5-8H2,1-4H3,(H,15,16)(H,17,18). The molecule has 0 rings (SSSR count). The first-order chi connectivity index (χ1) is 8.55. The summed E-state index contributed by atoms with van der Waals surface area (Å²) in [6.45, 7) is 7.16. The lowest BCUT2D eigenvalue weighted by atomic mass is 9.94. The lowest BCUT2D eigenvalue weighted by Crippen LogP contribution is -2.43. The van der Waals surface area contributed by atoms with E-state index in [1.165, 1.54) is 11.8 Å². The van der Waals surface area contributed by atoms with Crippen LogP contribution in [0.1, 0.15) is 40.5 Å². The molecule has 0 saturated carbocycles. The summed E-state index contributed by atoms with van der Waals surface area (Å²) in [4.78, 5) is 35.0. The molecule has 0 aromatic heterocycles. The molecular formula is C13H23NO5. The van der Waals surface area contributed by atoms with Crippen LogP contribution in [0.2, 0.25) is 0 Å². The maximum Gasteiger partial charge on any atom is 0.308 e. The van der Waals surface area contributed by atoms with E-state index in [0.29, 0.717) is 6.42 Å². The largest absolute Gasteiger partial charge is 0.481 e. The SMILES string of the molecule is CC(CN(CCCC(=O)O)C(=O)C(C)(C)C)C(=O)O. The second-order valence-corrected chi connectivity index (χ2v) is 5.74. The van der Waals surface area contributed by atoms with E-state index in [1.54, 1.807) is 20.8 Å². The number of rotatable bonds is 7. The molecule has 19 heavy (non-hydrogen) atoms. The maximum absolute atomic E-state index is 12.2. The second kappa shape index (κ2) is 7.11. The Hall–Kier alpha value is -1.59. The van der Waals surface area contributed by atoms with Crippen molar-refractivity contribution in [1.82, 2.24) is 4.90 Å². The van der Waals surface area contributed by atoms with Crippen molar-refractivity contribution in [1.29, 1.82) is 0 Å². The molecule has 1 amide bonds. The molecule has 0 saturated heterocycles. The van der Waals surface area contributed by atoms with Gasteiger partial charge in [0.15, 0.2) is 0 Å². The van der Waals surface area contributed by atoms with Crippen LogP contribution in [0.3, 0.4) is 0 Å². The van der Waals surface area contributed by atoms with Crippen molar-refractivity contribution in [3.05, 3.63) is 0 Å². The molecule has 2 N–H and O–H groups in total. The normalized spacial score (nSPS) is 12.8. The predicted octanol–water partition coefficient (Wildman–Crippen LogP) is 1.45. The molecule has 6 heteroatoms. The molecule has 0 aromatic rings. The van der Waals surface area contributed by atoms with Crippen molar-refractivity contribution in [3.8, 4) is 0 Å². The van der Waals surface area contributed by atoms with Gasteiger partial charge >= 0.3 is 11.9 Å². The van der Waals surface area contributed by atoms with Gasteiger partial charge in [-0.2, -0.15) is 0 Å². The molecule has 0 aliphatic rings. The first-order valence-electron chi connectivity index (χ1n) is 6.29. The highest BCUT2D eigenvalue weighted by Crippen LogP contribution is 2.19. The van der Waals surface area contributed by atoms with Crippen LogP contribution in [0.5, 0.6) is 0 Å². The number of aliphatic carboxylic acids is 2. The van der Waals surface area contributed by atoms with Gasteiger partial charge in [-0.25, -0.2) is 0 Å². The number of hydrogen-bond acceptors (Lipinski definition) is 3. The molecule has 0 radical (unpaired) electrons. The van der Waals surface area contributed by atoms with E-state index in [4.69, 9.17) is 10.2 Å². The summed E-state index contributed by atoms with van der Waals surface area (Å²) in [6, 6.07) is 0. The number of nitrogens with zero attached hydrogens (tertiary/aromatic N) is 1. The maximum atomic E-state index is 12.2. The Balaban J connectivity index is 4.69. The Kier molecular flexibility index (Phi) is 6.52. The van der Waals surface area contributed by atoms with Crippen molar-refractivity contribution >= 4 is 17.8 Å². The van der Waals surface area contributed by atoms with Gasteiger partial charge in [-0.1, -0.05) is 27.7 Å². The van der Waals surface area contributed by atoms with Gasteiger partial charge in [0.2, 0.25) is 5.91 Å². The molecule has 110 valence electrons. The molecule has 0 aromatic carbocycles. The van der Waals surface area contributed by atoms with Gasteiger partial charge in [0, 0.05) is 24.9 Å². The van der Waals surface area contributed by atoms with Crippen LogP contribution in [-0.4, -0.2) is 46.0 Å². The predicted molar refractivity (Wildman–Crippen MR) is 69.7 cm³/mol. The highest BCUT2D eigenvalue weighted by Gasteiger charge is 2.29. The Morgan fingerprint density at radius 1 is 1.16 bits per heavy atom. The Labute approximate surface area is 113 Å². The van der Waals surface area contributed by atoms with E-state index in [9.17, 15) is 14.4 Å². The fraction of sp³-hybridized carbons (Fsp3) is 0.769. The molecule has 0 aliphatic heterocycles. The van der Waals surface area contributed by atoms with Crippen molar-refractivity contribution in [2.45, 2.75) is 40.5 Å². The quantitative estimate of drug-likeness (QED) is 0.732. The third-order valence-corrected chi connectivity index (χ3v) is 2.66. The third kappa shape index (κ3) is 6.79. The molecule has 6 nitrogen and oxygen atoms in total. The van der Waals surface area contributed by atoms with Crippen LogP contribution < -0.4 is 0 Å². The smallest absolute Gasteiger partial charge is 0.308 e. The summed E-state index contributed by atoms with van der Waals surface area (Å²) < 4.78 is 0. The number of carboxylic acid groups (broad SMARTS) is 2. The summed E-state index contributed by atoms with van der Waals surface area (Å²) in [5, 5.41) is 17.5. The van der Waals surface area contributed by atoms with Crippen LogP contribution in [0.4, 0.5) is 0 Å². The minimum absolute atomic E-state index is 0.0324. The Bertz CT molecular complexity index is 345. The first-order valence-corrected chi connectivity index (χ1v) is 6.29. The zero-order chi connectivity index (χ0) is 15.2. The average molecular weight is 273 g/mol. The lowest BCUT2D eigenvalue weighted by molar-refractivity contribution is -0.146. The monoisotopic (exact) mass is 273 g/mol. The Morgan fingerprint density at radius 2 is 1.68 bits per heavy atom. The van der Waals surface area contributed by atoms with E-state index >= 15 is 0 Å². The van der Waals surface area contributed by atoms with Crippen LogP contribution in [0.15, 0.2) is 0 Å². The zero-order valence-corrected chi connectivity index (χ0v) is 12.0. The van der Waals surface area contributed by atoms with Gasteiger partial charge < -0.3 is 15.1 Å². The number of carbonyl (C=O) groups excluding carboxylic acids is 1. The fourth-order valence-electron chi connectivity index (χ4n) is 1.58. The fourth-order valence-corrected chi connectivity index (χ4v) is 1.58. The molecule has 0 aliphatic carbocycles. The van der Waals surface area contributed by atoms with Crippen molar-refractivity contribution in [3.63, 3.8) is 0 Å². The van der Waals surface area contributed by atoms with Crippen molar-refractivity contribution in [2.75, 3.05) is 13.1 Å². The minimum Gasteiger partial charge on any atom is -0.481 e. The number of amides is 1. The molecule has 0 bridgehead atoms. The molecular weight excluding hydrogens is 250 g/mol. The highest BCUT2D eigenvalue weighted by molar-refractivity contribution is 5.82. The van der Waals surface area contributed by atoms with Gasteiger partial charge in [0.25, 0.3) is 0 Å². The van der Waals surface area contributed by atoms with Crippen LogP contribution in [0.25, 0.3) is 0 Å². The summed E-state index contributed by atoms with van der Waals surface area (Å²) in [5.74, 6) is -2.72. The van der Waals surface area contributed by atoms with Gasteiger partial charge in [-0.05, 0) is 6.42 Å². The van der Waals surface area contributed by atoms with E-state index in [0.717, 1.165) is 0 Å². The number of carboxylic acids is 2. The van der Waals surface area contributed by atoms with Gasteiger partial charge in [0.05, 0.1) is 5.92 Å².